The number of nitrogens with zero attached hydrogens (tertiary/aromatic N) is 4. The van der Waals surface area contributed by atoms with Gasteiger partial charge in [0.25, 0.3) is 0 Å². The molecule has 0 unspecified atom stereocenters. The van der Waals surface area contributed by atoms with Crippen LogP contribution in [0.15, 0.2) is 16.9 Å². The van der Waals surface area contributed by atoms with E-state index in [1.54, 1.807) is 6.07 Å². The van der Waals surface area contributed by atoms with Crippen LogP contribution in [0, 0.1) is 6.92 Å². The molecule has 1 saturated heterocycles. The molecule has 8 heteroatoms. The lowest BCUT2D eigenvalue weighted by Crippen LogP contribution is -2.33. The lowest BCUT2D eigenvalue weighted by molar-refractivity contribution is 0.237. The fraction of sp³-hybridized carbons (Fsp3) is 0.533. The van der Waals surface area contributed by atoms with Gasteiger partial charge >= 0.3 is 0 Å². The molecule has 124 valence electrons. The smallest absolute Gasteiger partial charge is 0.175 e. The molecule has 3 rings (SSSR count). The number of aromatic nitrogens is 3. The van der Waals surface area contributed by atoms with Gasteiger partial charge in [0.1, 0.15) is 17.8 Å². The van der Waals surface area contributed by atoms with E-state index in [1.165, 1.54) is 38.7 Å². The van der Waals surface area contributed by atoms with Crippen molar-refractivity contribution in [2.75, 3.05) is 42.5 Å². The van der Waals surface area contributed by atoms with Crippen LogP contribution in [0.25, 0.3) is 0 Å². The molecule has 0 spiro atoms. The summed E-state index contributed by atoms with van der Waals surface area (Å²) < 4.78 is 5.02. The van der Waals surface area contributed by atoms with E-state index >= 15 is 0 Å². The van der Waals surface area contributed by atoms with E-state index in [2.05, 4.69) is 30.7 Å². The average molecular weight is 317 g/mol. The Kier molecular flexibility index (Phi) is 4.92. The fourth-order valence-electron chi connectivity index (χ4n) is 2.70. The molecule has 0 atom stereocenters. The fourth-order valence-corrected chi connectivity index (χ4v) is 2.70. The summed E-state index contributed by atoms with van der Waals surface area (Å²) in [7, 11) is 0. The molecule has 8 nitrogen and oxygen atoms in total. The third-order valence-corrected chi connectivity index (χ3v) is 3.93. The van der Waals surface area contributed by atoms with Crippen molar-refractivity contribution >= 4 is 23.1 Å². The molecule has 0 saturated carbocycles. The monoisotopic (exact) mass is 317 g/mol. The van der Waals surface area contributed by atoms with Crippen LogP contribution in [0.1, 0.15) is 25.0 Å². The lowest BCUT2D eigenvalue weighted by Gasteiger charge is -2.26. The molecule has 4 N–H and O–H groups in total. The molecule has 0 aliphatic carbocycles. The highest BCUT2D eigenvalue weighted by atomic mass is 16.5. The van der Waals surface area contributed by atoms with Gasteiger partial charge in [-0.3, -0.25) is 0 Å². The average Bonchev–Trinajstić information content (AvgIpc) is 2.97. The maximum Gasteiger partial charge on any atom is 0.175 e. The minimum absolute atomic E-state index is 0.479. The van der Waals surface area contributed by atoms with Gasteiger partial charge in [-0.2, -0.15) is 0 Å². The van der Waals surface area contributed by atoms with Crippen molar-refractivity contribution in [3.05, 3.63) is 18.2 Å². The number of piperidine rings is 1. The minimum Gasteiger partial charge on any atom is -0.393 e. The molecular formula is C15H23N7O. The van der Waals surface area contributed by atoms with E-state index in [0.29, 0.717) is 23.1 Å². The molecule has 1 fully saturated rings. The highest BCUT2D eigenvalue weighted by molar-refractivity contribution is 5.76. The van der Waals surface area contributed by atoms with Gasteiger partial charge in [-0.25, -0.2) is 9.97 Å². The summed E-state index contributed by atoms with van der Waals surface area (Å²) in [6, 6.07) is 1.78. The number of anilines is 4. The molecular weight excluding hydrogens is 294 g/mol. The van der Waals surface area contributed by atoms with Crippen molar-refractivity contribution in [3.63, 3.8) is 0 Å². The van der Waals surface area contributed by atoms with Crippen LogP contribution in [0.3, 0.4) is 0 Å². The second-order valence-electron chi connectivity index (χ2n) is 5.76. The second-order valence-corrected chi connectivity index (χ2v) is 5.76. The zero-order chi connectivity index (χ0) is 16.1. The normalized spacial score (nSPS) is 15.5. The van der Waals surface area contributed by atoms with Gasteiger partial charge in [0, 0.05) is 19.2 Å². The first-order chi connectivity index (χ1) is 11.2. The minimum atomic E-state index is 0.479. The van der Waals surface area contributed by atoms with E-state index in [4.69, 9.17) is 10.3 Å². The summed E-state index contributed by atoms with van der Waals surface area (Å²) in [5, 5.41) is 10.2. The first-order valence-corrected chi connectivity index (χ1v) is 7.99. The van der Waals surface area contributed by atoms with Crippen LogP contribution in [0.2, 0.25) is 0 Å². The molecule has 2 aromatic rings. The first kappa shape index (κ1) is 15.5. The largest absolute Gasteiger partial charge is 0.393 e. The maximum absolute atomic E-state index is 6.14. The molecule has 23 heavy (non-hydrogen) atoms. The summed E-state index contributed by atoms with van der Waals surface area (Å²) in [6.45, 7) is 5.99. The Morgan fingerprint density at radius 2 is 2.00 bits per heavy atom. The molecule has 0 amide bonds. The lowest BCUT2D eigenvalue weighted by atomic mass is 10.1. The number of nitrogens with one attached hydrogen (secondary N) is 2. The molecule has 0 bridgehead atoms. The third-order valence-electron chi connectivity index (χ3n) is 3.93. The Bertz CT molecular complexity index is 637. The first-order valence-electron chi connectivity index (χ1n) is 7.99. The number of nitrogens with two attached hydrogens (primary N) is 1. The van der Waals surface area contributed by atoms with Crippen LogP contribution < -0.4 is 16.4 Å². The van der Waals surface area contributed by atoms with Crippen molar-refractivity contribution in [1.29, 1.82) is 0 Å². The third kappa shape index (κ3) is 4.10. The predicted molar refractivity (Wildman–Crippen MR) is 89.7 cm³/mol. The standard InChI is InChI=1S/C15H23N7O/c1-11-9-12(21-23-11)20-15-13(16)14(18-10-19-15)17-5-8-22-6-3-2-4-7-22/h9-10H,2-8,16H2,1H3,(H2,17,18,19,20,21). The molecule has 3 heterocycles. The van der Waals surface area contributed by atoms with Gasteiger partial charge in [0.05, 0.1) is 0 Å². The van der Waals surface area contributed by atoms with Gasteiger partial charge in [-0.05, 0) is 32.9 Å². The number of hydrogen-bond donors (Lipinski definition) is 3. The maximum atomic E-state index is 6.14. The van der Waals surface area contributed by atoms with Crippen LogP contribution in [-0.2, 0) is 0 Å². The SMILES string of the molecule is Cc1cc(Nc2ncnc(NCCN3CCCCC3)c2N)no1. The Labute approximate surface area is 135 Å². The molecule has 0 aromatic carbocycles. The topological polar surface area (TPSA) is 105 Å². The number of likely N-dealkylation sites (tertiary alicyclic amines) is 1. The van der Waals surface area contributed by atoms with E-state index in [0.717, 1.165) is 18.8 Å². The number of hydrogen-bond acceptors (Lipinski definition) is 8. The van der Waals surface area contributed by atoms with Crippen LogP contribution in [0.5, 0.6) is 0 Å². The van der Waals surface area contributed by atoms with Crippen LogP contribution in [0.4, 0.5) is 23.1 Å². The summed E-state index contributed by atoms with van der Waals surface area (Å²) >= 11 is 0. The van der Waals surface area contributed by atoms with Gasteiger partial charge in [-0.15, -0.1) is 0 Å². The molecule has 1 aliphatic rings. The number of rotatable bonds is 6. The number of nitrogen functional groups attached to an aromatic ring is 1. The van der Waals surface area contributed by atoms with Crippen LogP contribution >= 0.6 is 0 Å². The van der Waals surface area contributed by atoms with Crippen molar-refractivity contribution in [1.82, 2.24) is 20.0 Å². The zero-order valence-electron chi connectivity index (χ0n) is 13.4. The van der Waals surface area contributed by atoms with E-state index in [-0.39, 0.29) is 0 Å². The predicted octanol–water partition coefficient (Wildman–Crippen LogP) is 2.00. The van der Waals surface area contributed by atoms with Gasteiger partial charge < -0.3 is 25.8 Å². The summed E-state index contributed by atoms with van der Waals surface area (Å²) in [5.41, 5.74) is 6.61. The van der Waals surface area contributed by atoms with E-state index in [1.807, 2.05) is 6.92 Å². The zero-order valence-corrected chi connectivity index (χ0v) is 13.4. The number of aryl methyl sites for hydroxylation is 1. The highest BCUT2D eigenvalue weighted by Crippen LogP contribution is 2.25. The molecule has 1 aliphatic heterocycles. The molecule has 0 radical (unpaired) electrons. The Morgan fingerprint density at radius 1 is 1.22 bits per heavy atom. The Hall–Kier alpha value is -2.35. The van der Waals surface area contributed by atoms with Crippen LogP contribution in [-0.4, -0.2) is 46.2 Å². The Balaban J connectivity index is 1.58. The Morgan fingerprint density at radius 3 is 2.74 bits per heavy atom. The second kappa shape index (κ2) is 7.28. The van der Waals surface area contributed by atoms with Gasteiger partial charge in [-0.1, -0.05) is 11.6 Å². The summed E-state index contributed by atoms with van der Waals surface area (Å²) in [4.78, 5) is 10.8. The quantitative estimate of drug-likeness (QED) is 0.743. The van der Waals surface area contributed by atoms with Crippen molar-refractivity contribution in [3.8, 4) is 0 Å². The van der Waals surface area contributed by atoms with Crippen molar-refractivity contribution in [2.45, 2.75) is 26.2 Å². The van der Waals surface area contributed by atoms with Crippen molar-refractivity contribution < 1.29 is 4.52 Å². The van der Waals surface area contributed by atoms with Gasteiger partial charge in [0.2, 0.25) is 0 Å². The van der Waals surface area contributed by atoms with E-state index in [9.17, 15) is 0 Å². The van der Waals surface area contributed by atoms with Crippen molar-refractivity contribution in [2.24, 2.45) is 0 Å². The summed E-state index contributed by atoms with van der Waals surface area (Å²) in [5.74, 6) is 2.46. The highest BCUT2D eigenvalue weighted by Gasteiger charge is 2.12. The summed E-state index contributed by atoms with van der Waals surface area (Å²) in [6.07, 6.45) is 5.41. The van der Waals surface area contributed by atoms with Gasteiger partial charge in [0.15, 0.2) is 17.5 Å². The van der Waals surface area contributed by atoms with E-state index < -0.39 is 0 Å². The molecule has 2 aromatic heterocycles.